The maximum Gasteiger partial charge on any atom is 0.446 e. The van der Waals surface area contributed by atoms with Gasteiger partial charge in [0.2, 0.25) is 6.29 Å². The van der Waals surface area contributed by atoms with E-state index in [0.717, 1.165) is 0 Å². The van der Waals surface area contributed by atoms with Crippen LogP contribution in [0, 0.1) is 0 Å². The van der Waals surface area contributed by atoms with E-state index in [1.54, 1.807) is 0 Å². The van der Waals surface area contributed by atoms with Crippen molar-refractivity contribution in [1.29, 1.82) is 0 Å². The molecule has 0 atom stereocenters. The van der Waals surface area contributed by atoms with Crippen LogP contribution in [-0.4, -0.2) is 12.5 Å². The van der Waals surface area contributed by atoms with Gasteiger partial charge in [-0.15, -0.1) is 0 Å². The third-order valence-electron chi connectivity index (χ3n) is 0.134. The molecular weight excluding hydrogens is 156 g/mol. The fourth-order valence-corrected chi connectivity index (χ4v) is 0. The molecule has 0 saturated carbocycles. The van der Waals surface area contributed by atoms with Gasteiger partial charge in [-0.3, -0.25) is 4.79 Å². The summed E-state index contributed by atoms with van der Waals surface area (Å²) in [6.07, 6.45) is -5.70. The second-order valence-corrected chi connectivity index (χ2v) is 0.659. The van der Waals surface area contributed by atoms with Crippen molar-refractivity contribution >= 4 is 6.29 Å². The number of aldehydes is 1. The number of carbonyl (C=O) groups excluding carboxylic acids is 1. The van der Waals surface area contributed by atoms with Crippen molar-refractivity contribution in [2.45, 2.75) is 6.18 Å². The number of hydrogen-bond acceptors (Lipinski definition) is 1. The number of carbonyl (C=O) groups is 1. The van der Waals surface area contributed by atoms with Gasteiger partial charge in [0.05, 0.1) is 0 Å². The largest absolute Gasteiger partial charge is 0.446 e. The van der Waals surface area contributed by atoms with Gasteiger partial charge in [-0.05, 0) is 0 Å². The van der Waals surface area contributed by atoms with Crippen LogP contribution in [0.2, 0.25) is 0 Å². The standard InChI is InChI=1S/C2HF3O.Co/c3-2(4,5)1-6;/h1H;. The Morgan fingerprint density at radius 2 is 1.43 bits per heavy atom. The summed E-state index contributed by atoms with van der Waals surface area (Å²) in [6.45, 7) is 0. The van der Waals surface area contributed by atoms with Crippen molar-refractivity contribution in [2.24, 2.45) is 0 Å². The van der Waals surface area contributed by atoms with E-state index in [0.29, 0.717) is 0 Å². The molecule has 0 bridgehead atoms. The zero-order valence-corrected chi connectivity index (χ0v) is 3.99. The molecule has 0 aliphatic heterocycles. The molecule has 7 heavy (non-hydrogen) atoms. The molecule has 0 spiro atoms. The topological polar surface area (TPSA) is 17.1 Å². The molecule has 0 aromatic carbocycles. The summed E-state index contributed by atoms with van der Waals surface area (Å²) in [6, 6.07) is 0. The molecule has 0 rings (SSSR count). The molecule has 0 aliphatic carbocycles. The molecule has 5 heteroatoms. The molecule has 0 amide bonds. The Labute approximate surface area is 48.1 Å². The van der Waals surface area contributed by atoms with E-state index in [1.165, 1.54) is 0 Å². The number of halogens is 3. The minimum Gasteiger partial charge on any atom is -0.293 e. The molecule has 0 N–H and O–H groups in total. The minimum atomic E-state index is -4.64. The molecule has 1 nitrogen and oxygen atoms in total. The van der Waals surface area contributed by atoms with Crippen LogP contribution in [-0.2, 0) is 21.6 Å². The molecule has 0 saturated heterocycles. The summed E-state index contributed by atoms with van der Waals surface area (Å²) >= 11 is 0. The molecule has 0 aromatic heterocycles. The van der Waals surface area contributed by atoms with E-state index < -0.39 is 12.5 Å². The average molecular weight is 157 g/mol. The molecule has 45 valence electrons. The van der Waals surface area contributed by atoms with Gasteiger partial charge in [-0.2, -0.15) is 13.2 Å². The van der Waals surface area contributed by atoms with Crippen LogP contribution in [0.4, 0.5) is 13.2 Å². The number of hydrogen-bond donors (Lipinski definition) is 0. The van der Waals surface area contributed by atoms with E-state index in [1.807, 2.05) is 0 Å². The van der Waals surface area contributed by atoms with E-state index in [2.05, 4.69) is 0 Å². The summed E-state index contributed by atoms with van der Waals surface area (Å²) in [5.41, 5.74) is 0. The number of rotatable bonds is 0. The Morgan fingerprint density at radius 3 is 1.43 bits per heavy atom. The van der Waals surface area contributed by atoms with E-state index in [9.17, 15) is 13.2 Å². The van der Waals surface area contributed by atoms with Crippen LogP contribution in [0.1, 0.15) is 0 Å². The maximum absolute atomic E-state index is 10.4. The second-order valence-electron chi connectivity index (χ2n) is 0.659. The van der Waals surface area contributed by atoms with Gasteiger partial charge in [0.25, 0.3) is 0 Å². The van der Waals surface area contributed by atoms with Crippen LogP contribution < -0.4 is 0 Å². The van der Waals surface area contributed by atoms with Crippen LogP contribution in [0.5, 0.6) is 0 Å². The Bertz CT molecular complexity index is 58.4. The summed E-state index contributed by atoms with van der Waals surface area (Å²) in [7, 11) is 0. The summed E-state index contributed by atoms with van der Waals surface area (Å²) < 4.78 is 31.2. The fraction of sp³-hybridized carbons (Fsp3) is 0.500. The maximum atomic E-state index is 10.4. The summed E-state index contributed by atoms with van der Waals surface area (Å²) in [4.78, 5) is 8.70. The smallest absolute Gasteiger partial charge is 0.293 e. The van der Waals surface area contributed by atoms with Crippen molar-refractivity contribution < 1.29 is 34.7 Å². The van der Waals surface area contributed by atoms with Gasteiger partial charge in [0.15, 0.2) is 0 Å². The van der Waals surface area contributed by atoms with Crippen molar-refractivity contribution in [3.8, 4) is 0 Å². The van der Waals surface area contributed by atoms with Crippen LogP contribution >= 0.6 is 0 Å². The molecule has 0 fully saturated rings. The van der Waals surface area contributed by atoms with E-state index in [-0.39, 0.29) is 16.8 Å². The predicted octanol–water partition coefficient (Wildman–Crippen LogP) is 0.745. The second kappa shape index (κ2) is 3.03. The number of alkyl halides is 3. The molecule has 0 aliphatic rings. The quantitative estimate of drug-likeness (QED) is 0.474. The van der Waals surface area contributed by atoms with Crippen LogP contribution in [0.3, 0.4) is 0 Å². The third-order valence-corrected chi connectivity index (χ3v) is 0.134. The Balaban J connectivity index is 0. The van der Waals surface area contributed by atoms with E-state index >= 15 is 0 Å². The van der Waals surface area contributed by atoms with Gasteiger partial charge in [-0.1, -0.05) is 0 Å². The first-order valence-electron chi connectivity index (χ1n) is 1.09. The minimum absolute atomic E-state index is 0. The van der Waals surface area contributed by atoms with Gasteiger partial charge in [0.1, 0.15) is 0 Å². The zero-order valence-electron chi connectivity index (χ0n) is 2.95. The first kappa shape index (κ1) is 10.1. The van der Waals surface area contributed by atoms with Gasteiger partial charge in [0, 0.05) is 16.8 Å². The first-order valence-corrected chi connectivity index (χ1v) is 1.09. The predicted molar refractivity (Wildman–Crippen MR) is 12.1 cm³/mol. The van der Waals surface area contributed by atoms with Gasteiger partial charge >= 0.3 is 6.18 Å². The summed E-state index contributed by atoms with van der Waals surface area (Å²) in [5, 5.41) is 0. The van der Waals surface area contributed by atoms with Crippen LogP contribution in [0.25, 0.3) is 0 Å². The monoisotopic (exact) mass is 157 g/mol. The average Bonchev–Trinajstić information content (AvgIpc) is 1.35. The molecular formula is C2HCoF3O. The molecule has 0 heterocycles. The van der Waals surface area contributed by atoms with Gasteiger partial charge in [-0.25, -0.2) is 0 Å². The van der Waals surface area contributed by atoms with Crippen molar-refractivity contribution in [2.75, 3.05) is 0 Å². The summed E-state index contributed by atoms with van der Waals surface area (Å²) in [5.74, 6) is 0. The van der Waals surface area contributed by atoms with Crippen LogP contribution in [0.15, 0.2) is 0 Å². The van der Waals surface area contributed by atoms with Crippen molar-refractivity contribution in [3.63, 3.8) is 0 Å². The Hall–Kier alpha value is -0.0335. The van der Waals surface area contributed by atoms with E-state index in [4.69, 9.17) is 4.79 Å². The van der Waals surface area contributed by atoms with Crippen molar-refractivity contribution in [1.82, 2.24) is 0 Å². The molecule has 0 unspecified atom stereocenters. The Kier molecular flexibility index (Phi) is 4.36. The molecule has 0 aromatic rings. The SMILES string of the molecule is O=CC(F)(F)F.[Co]. The third kappa shape index (κ3) is 10.7. The normalized spacial score (nSPS) is 9.57. The molecule has 1 radical (unpaired) electrons. The fourth-order valence-electron chi connectivity index (χ4n) is 0. The zero-order chi connectivity index (χ0) is 5.21. The Morgan fingerprint density at radius 1 is 1.29 bits per heavy atom. The van der Waals surface area contributed by atoms with Gasteiger partial charge < -0.3 is 0 Å². The van der Waals surface area contributed by atoms with Crippen molar-refractivity contribution in [3.05, 3.63) is 0 Å². The first-order chi connectivity index (χ1) is 2.56.